The summed E-state index contributed by atoms with van der Waals surface area (Å²) < 4.78 is 0. The van der Waals surface area contributed by atoms with Crippen LogP contribution in [0.3, 0.4) is 0 Å². The summed E-state index contributed by atoms with van der Waals surface area (Å²) in [7, 11) is 1.52. The molecule has 0 spiro atoms. The summed E-state index contributed by atoms with van der Waals surface area (Å²) in [5.74, 6) is -0.701. The Morgan fingerprint density at radius 2 is 2.32 bits per heavy atom. The van der Waals surface area contributed by atoms with E-state index in [2.05, 4.69) is 15.3 Å². The highest BCUT2D eigenvalue weighted by atomic mass is 16.2. The number of likely N-dealkylation sites (N-methyl/N-ethyl adjacent to an activating group) is 1. The summed E-state index contributed by atoms with van der Waals surface area (Å²) in [6.07, 6.45) is 3.86. The maximum Gasteiger partial charge on any atom is 0.327 e. The van der Waals surface area contributed by atoms with Gasteiger partial charge in [0, 0.05) is 31.9 Å². The molecule has 0 aliphatic carbocycles. The normalized spacial score (nSPS) is 15.2. The zero-order valence-electron chi connectivity index (χ0n) is 10.5. The number of carbonyl (C=O) groups excluding carboxylic acids is 3. The predicted octanol–water partition coefficient (Wildman–Crippen LogP) is -1.04. The Morgan fingerprint density at radius 3 is 2.89 bits per heavy atom. The largest absolute Gasteiger partial charge is 0.354 e. The fraction of sp³-hybridized carbons (Fsp3) is 0.455. The minimum absolute atomic E-state index is 0.0280. The lowest BCUT2D eigenvalue weighted by Gasteiger charge is -2.13. The molecule has 1 fully saturated rings. The number of imidazole rings is 1. The van der Waals surface area contributed by atoms with Gasteiger partial charge in [-0.05, 0) is 0 Å². The van der Waals surface area contributed by atoms with Crippen molar-refractivity contribution in [3.05, 3.63) is 18.2 Å². The van der Waals surface area contributed by atoms with Crippen LogP contribution in [0.1, 0.15) is 5.69 Å². The molecule has 2 N–H and O–H groups in total. The van der Waals surface area contributed by atoms with E-state index in [4.69, 9.17) is 0 Å². The Kier molecular flexibility index (Phi) is 3.79. The van der Waals surface area contributed by atoms with Crippen molar-refractivity contribution in [1.82, 2.24) is 25.1 Å². The topological polar surface area (TPSA) is 98.4 Å². The van der Waals surface area contributed by atoms with Gasteiger partial charge < -0.3 is 15.2 Å². The molecule has 102 valence electrons. The highest BCUT2D eigenvalue weighted by Gasteiger charge is 2.34. The van der Waals surface area contributed by atoms with Crippen molar-refractivity contribution >= 4 is 17.8 Å². The summed E-state index contributed by atoms with van der Waals surface area (Å²) in [6, 6.07) is -0.436. The Morgan fingerprint density at radius 1 is 1.53 bits per heavy atom. The van der Waals surface area contributed by atoms with Gasteiger partial charge in [0.25, 0.3) is 5.91 Å². The number of amides is 4. The maximum atomic E-state index is 11.6. The molecular formula is C11H15N5O3. The van der Waals surface area contributed by atoms with Crippen LogP contribution in [0.4, 0.5) is 4.79 Å². The first-order valence-electron chi connectivity index (χ1n) is 5.87. The summed E-state index contributed by atoms with van der Waals surface area (Å²) in [4.78, 5) is 43.6. The molecule has 1 aliphatic rings. The molecule has 4 amide bonds. The third-order valence-corrected chi connectivity index (χ3v) is 2.80. The number of imide groups is 1. The number of aromatic amines is 1. The van der Waals surface area contributed by atoms with Crippen molar-refractivity contribution in [2.45, 2.75) is 6.42 Å². The van der Waals surface area contributed by atoms with Crippen LogP contribution < -0.4 is 5.32 Å². The van der Waals surface area contributed by atoms with E-state index in [0.29, 0.717) is 13.0 Å². The Labute approximate surface area is 109 Å². The number of hydrogen-bond acceptors (Lipinski definition) is 4. The van der Waals surface area contributed by atoms with Crippen molar-refractivity contribution in [1.29, 1.82) is 0 Å². The fourth-order valence-electron chi connectivity index (χ4n) is 1.78. The van der Waals surface area contributed by atoms with Gasteiger partial charge >= 0.3 is 6.03 Å². The Bertz CT molecular complexity index is 485. The number of carbonyl (C=O) groups is 3. The minimum Gasteiger partial charge on any atom is -0.354 e. The maximum absolute atomic E-state index is 11.6. The average Bonchev–Trinajstić information content (AvgIpc) is 2.94. The molecular weight excluding hydrogens is 250 g/mol. The smallest absolute Gasteiger partial charge is 0.327 e. The molecule has 0 bridgehead atoms. The zero-order valence-corrected chi connectivity index (χ0v) is 10.5. The minimum atomic E-state index is -0.436. The summed E-state index contributed by atoms with van der Waals surface area (Å²) in [6.45, 7) is 0.221. The lowest BCUT2D eigenvalue weighted by atomic mass is 10.3. The summed E-state index contributed by atoms with van der Waals surface area (Å²) in [5.41, 5.74) is 0.911. The van der Waals surface area contributed by atoms with Gasteiger partial charge in [-0.3, -0.25) is 14.5 Å². The van der Waals surface area contributed by atoms with E-state index in [0.717, 1.165) is 10.6 Å². The molecule has 0 saturated carbocycles. The fourth-order valence-corrected chi connectivity index (χ4v) is 1.78. The van der Waals surface area contributed by atoms with Gasteiger partial charge in [-0.2, -0.15) is 0 Å². The van der Waals surface area contributed by atoms with E-state index in [1.165, 1.54) is 11.9 Å². The highest BCUT2D eigenvalue weighted by molar-refractivity contribution is 6.04. The third kappa shape index (κ3) is 3.09. The monoisotopic (exact) mass is 265 g/mol. The highest BCUT2D eigenvalue weighted by Crippen LogP contribution is 2.06. The number of nitrogens with zero attached hydrogens (tertiary/aromatic N) is 3. The lowest BCUT2D eigenvalue weighted by molar-refractivity contribution is -0.130. The van der Waals surface area contributed by atoms with E-state index < -0.39 is 6.03 Å². The molecule has 1 saturated heterocycles. The van der Waals surface area contributed by atoms with Crippen LogP contribution in [0.5, 0.6) is 0 Å². The van der Waals surface area contributed by atoms with E-state index in [1.54, 1.807) is 12.5 Å². The second kappa shape index (κ2) is 5.51. The Balaban J connectivity index is 1.75. The van der Waals surface area contributed by atoms with E-state index in [9.17, 15) is 14.4 Å². The summed E-state index contributed by atoms with van der Waals surface area (Å²) >= 11 is 0. The SMILES string of the molecule is CN1CC(=O)N(CC(=O)NCCc2cnc[nH]2)C1=O. The molecule has 2 rings (SSSR count). The first-order chi connectivity index (χ1) is 9.08. The van der Waals surface area contributed by atoms with Gasteiger partial charge in [0.05, 0.1) is 6.33 Å². The van der Waals surface area contributed by atoms with Crippen LogP contribution >= 0.6 is 0 Å². The van der Waals surface area contributed by atoms with Crippen molar-refractivity contribution in [2.24, 2.45) is 0 Å². The van der Waals surface area contributed by atoms with Crippen LogP contribution in [0.15, 0.2) is 12.5 Å². The van der Waals surface area contributed by atoms with E-state index >= 15 is 0 Å². The molecule has 0 unspecified atom stereocenters. The number of aromatic nitrogens is 2. The van der Waals surface area contributed by atoms with Crippen LogP contribution in [0.2, 0.25) is 0 Å². The van der Waals surface area contributed by atoms with Gasteiger partial charge in [-0.15, -0.1) is 0 Å². The molecule has 0 aromatic carbocycles. The molecule has 19 heavy (non-hydrogen) atoms. The number of hydrogen-bond donors (Lipinski definition) is 2. The molecule has 1 aromatic heterocycles. The third-order valence-electron chi connectivity index (χ3n) is 2.80. The van der Waals surface area contributed by atoms with Crippen molar-refractivity contribution < 1.29 is 14.4 Å². The van der Waals surface area contributed by atoms with Gasteiger partial charge in [0.15, 0.2) is 0 Å². The van der Waals surface area contributed by atoms with Crippen LogP contribution in [-0.2, 0) is 16.0 Å². The van der Waals surface area contributed by atoms with Crippen molar-refractivity contribution in [2.75, 3.05) is 26.7 Å². The van der Waals surface area contributed by atoms with Gasteiger partial charge in [0.1, 0.15) is 13.1 Å². The number of urea groups is 1. The second-order valence-electron chi connectivity index (χ2n) is 4.30. The van der Waals surface area contributed by atoms with Crippen LogP contribution in [-0.4, -0.2) is 64.3 Å². The molecule has 1 aromatic rings. The first kappa shape index (κ1) is 13.1. The summed E-state index contributed by atoms with van der Waals surface area (Å²) in [5, 5.41) is 2.65. The van der Waals surface area contributed by atoms with Crippen LogP contribution in [0, 0.1) is 0 Å². The molecule has 8 nitrogen and oxygen atoms in total. The first-order valence-corrected chi connectivity index (χ1v) is 5.87. The predicted molar refractivity (Wildman–Crippen MR) is 65.0 cm³/mol. The standard InChI is InChI=1S/C11H15N5O3/c1-15-6-10(18)16(11(15)19)5-9(17)13-3-2-8-4-12-7-14-8/h4,7H,2-3,5-6H2,1H3,(H,12,14)(H,13,17). The van der Waals surface area contributed by atoms with Gasteiger partial charge in [0.2, 0.25) is 5.91 Å². The van der Waals surface area contributed by atoms with Gasteiger partial charge in [-0.1, -0.05) is 0 Å². The number of H-pyrrole nitrogens is 1. The Hall–Kier alpha value is -2.38. The quantitative estimate of drug-likeness (QED) is 0.664. The van der Waals surface area contributed by atoms with Crippen molar-refractivity contribution in [3.8, 4) is 0 Å². The molecule has 0 atom stereocenters. The van der Waals surface area contributed by atoms with E-state index in [-0.39, 0.29) is 24.9 Å². The van der Waals surface area contributed by atoms with Gasteiger partial charge in [-0.25, -0.2) is 9.78 Å². The molecule has 8 heteroatoms. The molecule has 0 radical (unpaired) electrons. The average molecular weight is 265 g/mol. The van der Waals surface area contributed by atoms with Crippen molar-refractivity contribution in [3.63, 3.8) is 0 Å². The number of nitrogens with one attached hydrogen (secondary N) is 2. The number of rotatable bonds is 5. The second-order valence-corrected chi connectivity index (χ2v) is 4.30. The lowest BCUT2D eigenvalue weighted by Crippen LogP contribution is -2.41. The van der Waals surface area contributed by atoms with E-state index in [1.807, 2.05) is 0 Å². The van der Waals surface area contributed by atoms with Crippen LogP contribution in [0.25, 0.3) is 0 Å². The molecule has 1 aliphatic heterocycles. The zero-order chi connectivity index (χ0) is 13.8. The molecule has 2 heterocycles.